The summed E-state index contributed by atoms with van der Waals surface area (Å²) in [7, 11) is 0. The highest BCUT2D eigenvalue weighted by Gasteiger charge is 2.22. The molecule has 1 aliphatic heterocycles. The van der Waals surface area contributed by atoms with E-state index in [-0.39, 0.29) is 11.9 Å². The summed E-state index contributed by atoms with van der Waals surface area (Å²) in [5.74, 6) is 0.112. The van der Waals surface area contributed by atoms with Gasteiger partial charge < -0.3 is 4.84 Å². The summed E-state index contributed by atoms with van der Waals surface area (Å²) in [4.78, 5) is 16.1. The molecule has 62 valence electrons. The van der Waals surface area contributed by atoms with Gasteiger partial charge in [0.2, 0.25) is 0 Å². The third-order valence-corrected chi connectivity index (χ3v) is 1.83. The molecule has 3 nitrogen and oxygen atoms in total. The Bertz CT molecular complexity index is 187. The van der Waals surface area contributed by atoms with Crippen LogP contribution >= 0.6 is 0 Å². The summed E-state index contributed by atoms with van der Waals surface area (Å²) < 4.78 is 0. The van der Waals surface area contributed by atoms with Gasteiger partial charge in [0, 0.05) is 12.8 Å². The first-order valence-electron chi connectivity index (χ1n) is 4.03. The van der Waals surface area contributed by atoms with E-state index in [1.54, 1.807) is 0 Å². The summed E-state index contributed by atoms with van der Waals surface area (Å²) in [6.07, 6.45) is 2.28. The summed E-state index contributed by atoms with van der Waals surface area (Å²) in [6.45, 7) is 3.86. The van der Waals surface area contributed by atoms with E-state index in [1.807, 2.05) is 13.8 Å². The number of nitrogens with zero attached hydrogens (tertiary/aromatic N) is 1. The van der Waals surface area contributed by atoms with Crippen molar-refractivity contribution in [2.75, 3.05) is 0 Å². The molecule has 0 saturated heterocycles. The Balaban J connectivity index is 2.45. The molecule has 3 heteroatoms. The Morgan fingerprint density at radius 3 is 2.91 bits per heavy atom. The molecule has 0 aliphatic carbocycles. The maximum absolute atomic E-state index is 11.1. The van der Waals surface area contributed by atoms with Crippen LogP contribution < -0.4 is 0 Å². The molecule has 0 aromatic rings. The molecule has 0 aromatic carbocycles. The number of ketones is 1. The molecule has 0 spiro atoms. The molecule has 0 bridgehead atoms. The van der Waals surface area contributed by atoms with Gasteiger partial charge in [-0.3, -0.25) is 4.79 Å². The van der Waals surface area contributed by atoms with E-state index in [4.69, 9.17) is 4.84 Å². The van der Waals surface area contributed by atoms with Crippen LogP contribution in [0.4, 0.5) is 0 Å². The highest BCUT2D eigenvalue weighted by atomic mass is 16.6. The normalized spacial score (nSPS) is 22.7. The fourth-order valence-corrected chi connectivity index (χ4v) is 1.02. The molecule has 0 aromatic heterocycles. The number of carbonyl (C=O) groups excluding carboxylic acids is 1. The van der Waals surface area contributed by atoms with Crippen LogP contribution in [-0.2, 0) is 9.63 Å². The van der Waals surface area contributed by atoms with Crippen LogP contribution in [0, 0.1) is 0 Å². The summed E-state index contributed by atoms with van der Waals surface area (Å²) in [6, 6.07) is 0. The second kappa shape index (κ2) is 3.51. The minimum Gasteiger partial charge on any atom is -0.392 e. The highest BCUT2D eigenvalue weighted by Crippen LogP contribution is 2.14. The molecule has 1 aliphatic rings. The van der Waals surface area contributed by atoms with E-state index in [9.17, 15) is 4.79 Å². The molecule has 1 unspecified atom stereocenters. The lowest BCUT2D eigenvalue weighted by Gasteiger charge is -2.00. The zero-order chi connectivity index (χ0) is 8.27. The molecule has 1 heterocycles. The van der Waals surface area contributed by atoms with Crippen LogP contribution in [-0.4, -0.2) is 17.6 Å². The predicted octanol–water partition coefficient (Wildman–Crippen LogP) is 1.52. The zero-order valence-corrected chi connectivity index (χ0v) is 6.96. The molecule has 0 fully saturated rings. The second-order valence-electron chi connectivity index (χ2n) is 2.65. The highest BCUT2D eigenvalue weighted by molar-refractivity contribution is 6.40. The van der Waals surface area contributed by atoms with Gasteiger partial charge in [-0.25, -0.2) is 0 Å². The molecular formula is C8H13NO2. The van der Waals surface area contributed by atoms with Crippen LogP contribution in [0.2, 0.25) is 0 Å². The average Bonchev–Trinajstić information content (AvgIpc) is 2.50. The predicted molar refractivity (Wildman–Crippen MR) is 42.5 cm³/mol. The lowest BCUT2D eigenvalue weighted by molar-refractivity contribution is -0.112. The molecule has 0 radical (unpaired) electrons. The topological polar surface area (TPSA) is 38.7 Å². The van der Waals surface area contributed by atoms with Crippen molar-refractivity contribution in [3.8, 4) is 0 Å². The first-order valence-corrected chi connectivity index (χ1v) is 4.03. The van der Waals surface area contributed by atoms with E-state index >= 15 is 0 Å². The molecular weight excluding hydrogens is 142 g/mol. The van der Waals surface area contributed by atoms with E-state index in [0.717, 1.165) is 6.42 Å². The van der Waals surface area contributed by atoms with Gasteiger partial charge in [-0.2, -0.15) is 0 Å². The summed E-state index contributed by atoms with van der Waals surface area (Å²) in [5.41, 5.74) is 0.611. The largest absolute Gasteiger partial charge is 0.392 e. The maximum Gasteiger partial charge on any atom is 0.180 e. The maximum atomic E-state index is 11.1. The number of carbonyl (C=O) groups is 1. The minimum atomic E-state index is 0.112. The van der Waals surface area contributed by atoms with Crippen molar-refractivity contribution < 1.29 is 9.63 Å². The molecule has 0 N–H and O–H groups in total. The molecule has 0 amide bonds. The Hall–Kier alpha value is -0.860. The zero-order valence-electron chi connectivity index (χ0n) is 6.96. The smallest absolute Gasteiger partial charge is 0.180 e. The minimum absolute atomic E-state index is 0.112. The standard InChI is InChI=1S/C8H13NO2/c1-3-6-5-7(9-11-6)8(10)4-2/h6H,3-5H2,1-2H3. The molecule has 0 saturated carbocycles. The van der Waals surface area contributed by atoms with Crippen LogP contribution in [0.25, 0.3) is 0 Å². The molecule has 11 heavy (non-hydrogen) atoms. The fraction of sp³-hybridized carbons (Fsp3) is 0.750. The van der Waals surface area contributed by atoms with Crippen molar-refractivity contribution in [1.29, 1.82) is 0 Å². The first kappa shape index (κ1) is 8.24. The monoisotopic (exact) mass is 155 g/mol. The van der Waals surface area contributed by atoms with Gasteiger partial charge in [-0.1, -0.05) is 19.0 Å². The lowest BCUT2D eigenvalue weighted by Crippen LogP contribution is -2.13. The molecule has 1 rings (SSSR count). The number of hydrogen-bond acceptors (Lipinski definition) is 3. The van der Waals surface area contributed by atoms with Gasteiger partial charge >= 0.3 is 0 Å². The fourth-order valence-electron chi connectivity index (χ4n) is 1.02. The lowest BCUT2D eigenvalue weighted by atomic mass is 10.1. The van der Waals surface area contributed by atoms with Crippen molar-refractivity contribution in [2.24, 2.45) is 5.16 Å². The average molecular weight is 155 g/mol. The molecule has 1 atom stereocenters. The Kier molecular flexibility index (Phi) is 2.63. The van der Waals surface area contributed by atoms with Crippen molar-refractivity contribution in [1.82, 2.24) is 0 Å². The van der Waals surface area contributed by atoms with Crippen LogP contribution in [0.5, 0.6) is 0 Å². The van der Waals surface area contributed by atoms with E-state index in [1.165, 1.54) is 0 Å². The van der Waals surface area contributed by atoms with Crippen molar-refractivity contribution in [2.45, 2.75) is 39.2 Å². The Morgan fingerprint density at radius 2 is 2.45 bits per heavy atom. The van der Waals surface area contributed by atoms with Crippen molar-refractivity contribution in [3.63, 3.8) is 0 Å². The van der Waals surface area contributed by atoms with Gasteiger partial charge in [-0.05, 0) is 6.42 Å². The summed E-state index contributed by atoms with van der Waals surface area (Å²) in [5, 5.41) is 3.73. The second-order valence-corrected chi connectivity index (χ2v) is 2.65. The van der Waals surface area contributed by atoms with Gasteiger partial charge in [-0.15, -0.1) is 0 Å². The van der Waals surface area contributed by atoms with Crippen LogP contribution in [0.15, 0.2) is 5.16 Å². The number of oxime groups is 1. The third kappa shape index (κ3) is 1.79. The Labute approximate surface area is 66.4 Å². The van der Waals surface area contributed by atoms with Crippen molar-refractivity contribution in [3.05, 3.63) is 0 Å². The first-order chi connectivity index (χ1) is 5.27. The quantitative estimate of drug-likeness (QED) is 0.619. The van der Waals surface area contributed by atoms with Crippen LogP contribution in [0.1, 0.15) is 33.1 Å². The SMILES string of the molecule is CCC(=O)C1=NOC(CC)C1. The van der Waals surface area contributed by atoms with Gasteiger partial charge in [0.05, 0.1) is 0 Å². The van der Waals surface area contributed by atoms with Gasteiger partial charge in [0.25, 0.3) is 0 Å². The summed E-state index contributed by atoms with van der Waals surface area (Å²) >= 11 is 0. The van der Waals surface area contributed by atoms with E-state index < -0.39 is 0 Å². The van der Waals surface area contributed by atoms with E-state index in [0.29, 0.717) is 18.6 Å². The number of Topliss-reactive ketones (excluding diaryl/α,β-unsaturated/α-hetero) is 1. The Morgan fingerprint density at radius 1 is 1.73 bits per heavy atom. The number of hydrogen-bond donors (Lipinski definition) is 0. The van der Waals surface area contributed by atoms with Gasteiger partial charge in [0.1, 0.15) is 11.8 Å². The van der Waals surface area contributed by atoms with Crippen molar-refractivity contribution >= 4 is 11.5 Å². The van der Waals surface area contributed by atoms with Crippen LogP contribution in [0.3, 0.4) is 0 Å². The third-order valence-electron chi connectivity index (χ3n) is 1.83. The van der Waals surface area contributed by atoms with Gasteiger partial charge in [0.15, 0.2) is 5.78 Å². The number of rotatable bonds is 3. The van der Waals surface area contributed by atoms with E-state index in [2.05, 4.69) is 5.16 Å².